The van der Waals surface area contributed by atoms with E-state index in [1.807, 2.05) is 38.4 Å². The van der Waals surface area contributed by atoms with Crippen molar-refractivity contribution in [2.45, 2.75) is 21.6 Å². The minimum atomic E-state index is -0.0494. The Hall–Kier alpha value is -1.16. The first-order valence-electron chi connectivity index (χ1n) is 7.20. The number of para-hydroxylation sites is 1. The standard InChI is InChI=1S/C15H16N4OS4/c1-9(13-16-10-6-4-5-7-11(10)23-13)19(2)12(20)8-22-15-18-17-14(21-3)24-15/h4-7,9H,8H2,1-3H3/t9-/m0/s1. The zero-order valence-electron chi connectivity index (χ0n) is 13.4. The van der Waals surface area contributed by atoms with Crippen LogP contribution in [-0.2, 0) is 4.79 Å². The third-order valence-corrected chi connectivity index (χ3v) is 7.75. The van der Waals surface area contributed by atoms with Crippen LogP contribution in [0.5, 0.6) is 0 Å². The van der Waals surface area contributed by atoms with Crippen molar-refractivity contribution in [2.24, 2.45) is 0 Å². The molecule has 0 radical (unpaired) electrons. The van der Waals surface area contributed by atoms with Crippen molar-refractivity contribution in [1.82, 2.24) is 20.1 Å². The number of thiazole rings is 1. The first-order chi connectivity index (χ1) is 11.6. The lowest BCUT2D eigenvalue weighted by molar-refractivity contribution is -0.128. The fraction of sp³-hybridized carbons (Fsp3) is 0.333. The lowest BCUT2D eigenvalue weighted by Crippen LogP contribution is -2.31. The molecule has 1 aromatic carbocycles. The Morgan fingerprint density at radius 1 is 1.25 bits per heavy atom. The van der Waals surface area contributed by atoms with Crippen LogP contribution in [0.1, 0.15) is 18.0 Å². The van der Waals surface area contributed by atoms with Crippen LogP contribution in [0.3, 0.4) is 0 Å². The van der Waals surface area contributed by atoms with Gasteiger partial charge < -0.3 is 4.90 Å². The van der Waals surface area contributed by atoms with Gasteiger partial charge in [0.15, 0.2) is 8.68 Å². The summed E-state index contributed by atoms with van der Waals surface area (Å²) >= 11 is 6.15. The summed E-state index contributed by atoms with van der Waals surface area (Å²) in [5.41, 5.74) is 0.984. The van der Waals surface area contributed by atoms with Crippen molar-refractivity contribution in [3.05, 3.63) is 29.3 Å². The number of benzene rings is 1. The molecule has 0 saturated heterocycles. The summed E-state index contributed by atoms with van der Waals surface area (Å²) in [4.78, 5) is 18.9. The Morgan fingerprint density at radius 3 is 2.71 bits per heavy atom. The largest absolute Gasteiger partial charge is 0.336 e. The van der Waals surface area contributed by atoms with Crippen molar-refractivity contribution >= 4 is 62.3 Å². The van der Waals surface area contributed by atoms with Crippen LogP contribution in [0, 0.1) is 0 Å². The van der Waals surface area contributed by atoms with E-state index in [0.717, 1.165) is 23.9 Å². The Balaban J connectivity index is 1.63. The molecule has 0 aliphatic heterocycles. The molecule has 0 fully saturated rings. The molecule has 0 unspecified atom stereocenters. The second kappa shape index (κ2) is 7.81. The van der Waals surface area contributed by atoms with Gasteiger partial charge >= 0.3 is 0 Å². The minimum Gasteiger partial charge on any atom is -0.336 e. The first kappa shape index (κ1) is 17.7. The average Bonchev–Trinajstić information content (AvgIpc) is 3.24. The molecule has 2 aromatic heterocycles. The molecule has 24 heavy (non-hydrogen) atoms. The summed E-state index contributed by atoms with van der Waals surface area (Å²) in [6.45, 7) is 2.01. The van der Waals surface area contributed by atoms with E-state index in [1.165, 1.54) is 23.1 Å². The highest BCUT2D eigenvalue weighted by Gasteiger charge is 2.21. The monoisotopic (exact) mass is 396 g/mol. The molecule has 126 valence electrons. The smallest absolute Gasteiger partial charge is 0.233 e. The SMILES string of the molecule is CSc1nnc(SCC(=O)N(C)[C@@H](C)c2nc3ccccc3s2)s1. The molecular weight excluding hydrogens is 380 g/mol. The molecule has 0 saturated carbocycles. The second-order valence-corrected chi connectivity index (χ2v) is 9.34. The fourth-order valence-corrected chi connectivity index (χ4v) is 5.44. The number of rotatable bonds is 6. The van der Waals surface area contributed by atoms with Gasteiger partial charge in [-0.1, -0.05) is 47.0 Å². The maximum atomic E-state index is 12.5. The van der Waals surface area contributed by atoms with Gasteiger partial charge in [-0.05, 0) is 25.3 Å². The topological polar surface area (TPSA) is 59.0 Å². The van der Waals surface area contributed by atoms with Gasteiger partial charge in [0.1, 0.15) is 5.01 Å². The quantitative estimate of drug-likeness (QED) is 0.583. The fourth-order valence-electron chi connectivity index (χ4n) is 2.01. The van der Waals surface area contributed by atoms with Crippen LogP contribution in [0.4, 0.5) is 0 Å². The van der Waals surface area contributed by atoms with Gasteiger partial charge in [-0.2, -0.15) is 0 Å². The lowest BCUT2D eigenvalue weighted by atomic mass is 10.3. The predicted octanol–water partition coefficient (Wildman–Crippen LogP) is 4.18. The Kier molecular flexibility index (Phi) is 5.75. The summed E-state index contributed by atoms with van der Waals surface area (Å²) in [6.07, 6.45) is 1.97. The van der Waals surface area contributed by atoms with Gasteiger partial charge in [0.2, 0.25) is 5.91 Å². The van der Waals surface area contributed by atoms with Crippen LogP contribution in [-0.4, -0.2) is 45.0 Å². The predicted molar refractivity (Wildman–Crippen MR) is 103 cm³/mol. The summed E-state index contributed by atoms with van der Waals surface area (Å²) < 4.78 is 2.89. The first-order valence-corrected chi connectivity index (χ1v) is 11.0. The molecule has 0 aliphatic carbocycles. The molecule has 3 rings (SSSR count). The maximum absolute atomic E-state index is 12.5. The van der Waals surface area contributed by atoms with Crippen molar-refractivity contribution in [3.8, 4) is 0 Å². The second-order valence-electron chi connectivity index (χ2n) is 5.03. The van der Waals surface area contributed by atoms with E-state index in [9.17, 15) is 4.79 Å². The summed E-state index contributed by atoms with van der Waals surface area (Å²) in [5.74, 6) is 0.419. The van der Waals surface area contributed by atoms with E-state index >= 15 is 0 Å². The van der Waals surface area contributed by atoms with Crippen molar-refractivity contribution in [1.29, 1.82) is 0 Å². The lowest BCUT2D eigenvalue weighted by Gasteiger charge is -2.22. The number of carbonyl (C=O) groups excluding carboxylic acids is 1. The molecule has 0 N–H and O–H groups in total. The summed E-state index contributed by atoms with van der Waals surface area (Å²) in [5, 5.41) is 9.08. The van der Waals surface area contributed by atoms with Crippen LogP contribution < -0.4 is 0 Å². The van der Waals surface area contributed by atoms with E-state index in [2.05, 4.69) is 21.2 Å². The molecule has 5 nitrogen and oxygen atoms in total. The third kappa shape index (κ3) is 3.90. The molecule has 1 atom stereocenters. The highest BCUT2D eigenvalue weighted by Crippen LogP contribution is 2.30. The number of hydrogen-bond acceptors (Lipinski definition) is 8. The highest BCUT2D eigenvalue weighted by atomic mass is 32.2. The van der Waals surface area contributed by atoms with Gasteiger partial charge in [-0.25, -0.2) is 4.98 Å². The van der Waals surface area contributed by atoms with Gasteiger partial charge in [0.05, 0.1) is 22.0 Å². The molecule has 0 aliphatic rings. The highest BCUT2D eigenvalue weighted by molar-refractivity contribution is 8.03. The van der Waals surface area contributed by atoms with Gasteiger partial charge in [-0.15, -0.1) is 21.5 Å². The van der Waals surface area contributed by atoms with E-state index < -0.39 is 0 Å². The zero-order valence-corrected chi connectivity index (χ0v) is 16.7. The van der Waals surface area contributed by atoms with Crippen LogP contribution in [0.15, 0.2) is 32.9 Å². The van der Waals surface area contributed by atoms with Crippen LogP contribution in [0.2, 0.25) is 0 Å². The number of fused-ring (bicyclic) bond motifs is 1. The Morgan fingerprint density at radius 2 is 2.00 bits per heavy atom. The zero-order chi connectivity index (χ0) is 17.1. The van der Waals surface area contributed by atoms with E-state index in [-0.39, 0.29) is 11.9 Å². The van der Waals surface area contributed by atoms with E-state index in [4.69, 9.17) is 0 Å². The molecule has 2 heterocycles. The number of nitrogens with zero attached hydrogens (tertiary/aromatic N) is 4. The van der Waals surface area contributed by atoms with Crippen molar-refractivity contribution < 1.29 is 4.79 Å². The molecule has 1 amide bonds. The number of amides is 1. The van der Waals surface area contributed by atoms with Crippen LogP contribution >= 0.6 is 46.2 Å². The molecule has 0 bridgehead atoms. The van der Waals surface area contributed by atoms with Crippen molar-refractivity contribution in [2.75, 3.05) is 19.1 Å². The average molecular weight is 397 g/mol. The van der Waals surface area contributed by atoms with Gasteiger partial charge in [0.25, 0.3) is 0 Å². The van der Waals surface area contributed by atoms with Gasteiger partial charge in [-0.3, -0.25) is 4.79 Å². The Bertz CT molecular complexity index is 814. The van der Waals surface area contributed by atoms with Crippen molar-refractivity contribution in [3.63, 3.8) is 0 Å². The molecular formula is C15H16N4OS4. The maximum Gasteiger partial charge on any atom is 0.233 e. The minimum absolute atomic E-state index is 0.0494. The molecule has 0 spiro atoms. The number of carbonyl (C=O) groups is 1. The molecule has 3 aromatic rings. The molecule has 9 heteroatoms. The Labute approximate surface area is 156 Å². The number of aromatic nitrogens is 3. The van der Waals surface area contributed by atoms with Crippen LogP contribution in [0.25, 0.3) is 10.2 Å². The van der Waals surface area contributed by atoms with Gasteiger partial charge in [0, 0.05) is 7.05 Å². The normalized spacial score (nSPS) is 12.5. The number of hydrogen-bond donors (Lipinski definition) is 0. The van der Waals surface area contributed by atoms with E-state index in [0.29, 0.717) is 5.75 Å². The summed E-state index contributed by atoms with van der Waals surface area (Å²) in [7, 11) is 1.83. The van der Waals surface area contributed by atoms with E-state index in [1.54, 1.807) is 28.0 Å². The summed E-state index contributed by atoms with van der Waals surface area (Å²) in [6, 6.07) is 7.99. The number of thioether (sulfide) groups is 2. The third-order valence-electron chi connectivity index (χ3n) is 3.52.